The van der Waals surface area contributed by atoms with Crippen molar-refractivity contribution in [3.8, 4) is 0 Å². The van der Waals surface area contributed by atoms with Crippen LogP contribution in [0.25, 0.3) is 0 Å². The number of benzene rings is 1. The highest BCUT2D eigenvalue weighted by Gasteiger charge is 2.35. The molecule has 2 saturated carbocycles. The molecule has 0 aromatic heterocycles. The van der Waals surface area contributed by atoms with Crippen molar-refractivity contribution < 1.29 is 17.2 Å². The first-order chi connectivity index (χ1) is 11.9. The Bertz CT molecular complexity index is 663. The molecule has 2 aliphatic rings. The van der Waals surface area contributed by atoms with Crippen LogP contribution in [-0.2, 0) is 16.4 Å². The van der Waals surface area contributed by atoms with E-state index >= 15 is 0 Å². The molecular weight excluding hydrogens is 344 g/mol. The van der Waals surface area contributed by atoms with Crippen LogP contribution < -0.4 is 0 Å². The lowest BCUT2D eigenvalue weighted by Crippen LogP contribution is -2.39. The van der Waals surface area contributed by atoms with Crippen molar-refractivity contribution in [2.75, 3.05) is 0 Å². The molecule has 3 rings (SSSR count). The van der Waals surface area contributed by atoms with Crippen molar-refractivity contribution in [2.45, 2.75) is 81.2 Å². The zero-order valence-corrected chi connectivity index (χ0v) is 15.5. The Balaban J connectivity index is 1.67. The molecule has 1 aromatic rings. The van der Waals surface area contributed by atoms with Crippen molar-refractivity contribution in [3.05, 3.63) is 29.8 Å². The highest BCUT2D eigenvalue weighted by Crippen LogP contribution is 2.37. The monoisotopic (exact) mass is 371 g/mol. The van der Waals surface area contributed by atoms with Gasteiger partial charge in [-0.3, -0.25) is 4.90 Å². The Hall–Kier alpha value is -1.01. The van der Waals surface area contributed by atoms with E-state index in [2.05, 4.69) is 11.8 Å². The van der Waals surface area contributed by atoms with E-state index in [9.17, 15) is 17.2 Å². The highest BCUT2D eigenvalue weighted by molar-refractivity contribution is 7.91. The van der Waals surface area contributed by atoms with Gasteiger partial charge in [0, 0.05) is 18.6 Å². The van der Waals surface area contributed by atoms with Gasteiger partial charge in [-0.2, -0.15) is 8.78 Å². The standard InChI is InChI=1S/C19H27F2NO2S/c1-2-14-3-7-16(8-4-14)22(17-9-10-17)13-15-5-11-18(12-6-15)25(23,24)19(20)21/h5-6,11-12,14,16-17,19H,2-4,7-10,13H2,1H3. The van der Waals surface area contributed by atoms with Gasteiger partial charge in [-0.15, -0.1) is 0 Å². The summed E-state index contributed by atoms with van der Waals surface area (Å²) in [6, 6.07) is 7.23. The third-order valence-corrected chi connectivity index (χ3v) is 7.13. The zero-order chi connectivity index (χ0) is 18.0. The normalized spacial score (nSPS) is 24.8. The smallest absolute Gasteiger partial charge is 0.293 e. The number of alkyl halides is 2. The number of rotatable bonds is 7. The summed E-state index contributed by atoms with van der Waals surface area (Å²) in [5.41, 5.74) is 0.998. The topological polar surface area (TPSA) is 37.4 Å². The Labute approximate surface area is 149 Å². The quantitative estimate of drug-likeness (QED) is 0.702. The predicted octanol–water partition coefficient (Wildman–Crippen LogP) is 4.62. The van der Waals surface area contributed by atoms with E-state index in [0.29, 0.717) is 12.1 Å². The first kappa shape index (κ1) is 18.8. The summed E-state index contributed by atoms with van der Waals surface area (Å²) in [6.07, 6.45) is 8.75. The van der Waals surface area contributed by atoms with Gasteiger partial charge in [0.1, 0.15) is 0 Å². The maximum absolute atomic E-state index is 12.6. The van der Waals surface area contributed by atoms with Crippen LogP contribution in [0.2, 0.25) is 0 Å². The molecule has 0 heterocycles. The molecule has 0 N–H and O–H groups in total. The fourth-order valence-corrected chi connectivity index (χ4v) is 4.67. The number of hydrogen-bond donors (Lipinski definition) is 0. The van der Waals surface area contributed by atoms with Crippen LogP contribution >= 0.6 is 0 Å². The van der Waals surface area contributed by atoms with Gasteiger partial charge in [0.15, 0.2) is 0 Å². The molecule has 0 saturated heterocycles. The molecule has 6 heteroatoms. The van der Waals surface area contributed by atoms with Gasteiger partial charge in [-0.1, -0.05) is 25.5 Å². The molecule has 140 valence electrons. The van der Waals surface area contributed by atoms with Gasteiger partial charge < -0.3 is 0 Å². The van der Waals surface area contributed by atoms with Crippen LogP contribution in [0.3, 0.4) is 0 Å². The third kappa shape index (κ3) is 4.40. The minimum Gasteiger partial charge on any atom is -0.293 e. The average Bonchev–Trinajstić information content (AvgIpc) is 3.45. The first-order valence-electron chi connectivity index (χ1n) is 9.28. The van der Waals surface area contributed by atoms with E-state index < -0.39 is 15.6 Å². The Morgan fingerprint density at radius 2 is 1.52 bits per heavy atom. The second kappa shape index (κ2) is 7.70. The van der Waals surface area contributed by atoms with E-state index in [4.69, 9.17) is 0 Å². The van der Waals surface area contributed by atoms with Crippen LogP contribution in [0, 0.1) is 5.92 Å². The molecule has 2 fully saturated rings. The maximum Gasteiger partial charge on any atom is 0.341 e. The van der Waals surface area contributed by atoms with Crippen molar-refractivity contribution in [1.82, 2.24) is 4.90 Å². The fourth-order valence-electron chi connectivity index (χ4n) is 3.95. The molecule has 0 atom stereocenters. The summed E-state index contributed by atoms with van der Waals surface area (Å²) in [7, 11) is -4.50. The molecule has 0 radical (unpaired) electrons. The molecule has 2 aliphatic carbocycles. The lowest BCUT2D eigenvalue weighted by molar-refractivity contribution is 0.120. The van der Waals surface area contributed by atoms with Gasteiger partial charge >= 0.3 is 5.76 Å². The lowest BCUT2D eigenvalue weighted by Gasteiger charge is -2.37. The largest absolute Gasteiger partial charge is 0.341 e. The van der Waals surface area contributed by atoms with Gasteiger partial charge in [0.05, 0.1) is 4.90 Å². The van der Waals surface area contributed by atoms with E-state index in [1.807, 2.05) is 0 Å². The molecule has 0 unspecified atom stereocenters. The van der Waals surface area contributed by atoms with E-state index in [0.717, 1.165) is 18.0 Å². The van der Waals surface area contributed by atoms with Gasteiger partial charge in [-0.05, 0) is 62.1 Å². The molecule has 0 aliphatic heterocycles. The summed E-state index contributed by atoms with van der Waals surface area (Å²) in [6.45, 7) is 3.04. The van der Waals surface area contributed by atoms with Crippen molar-refractivity contribution in [1.29, 1.82) is 0 Å². The second-order valence-corrected chi connectivity index (χ2v) is 9.35. The number of sulfone groups is 1. The number of hydrogen-bond acceptors (Lipinski definition) is 3. The summed E-state index contributed by atoms with van der Waals surface area (Å²) in [5, 5.41) is 0. The van der Waals surface area contributed by atoms with Gasteiger partial charge in [0.2, 0.25) is 9.84 Å². The second-order valence-electron chi connectivity index (χ2n) is 7.44. The summed E-state index contributed by atoms with van der Waals surface area (Å²) in [5.74, 6) is -2.51. The number of nitrogens with zero attached hydrogens (tertiary/aromatic N) is 1. The molecule has 0 amide bonds. The minimum absolute atomic E-state index is 0.298. The van der Waals surface area contributed by atoms with Crippen LogP contribution in [0.4, 0.5) is 8.78 Å². The lowest BCUT2D eigenvalue weighted by atomic mass is 9.83. The summed E-state index contributed by atoms with van der Waals surface area (Å²) >= 11 is 0. The van der Waals surface area contributed by atoms with E-state index in [1.165, 1.54) is 57.1 Å². The maximum atomic E-state index is 12.6. The minimum atomic E-state index is -4.50. The van der Waals surface area contributed by atoms with Gasteiger partial charge in [0.25, 0.3) is 0 Å². The summed E-state index contributed by atoms with van der Waals surface area (Å²) in [4.78, 5) is 2.26. The van der Waals surface area contributed by atoms with Crippen molar-refractivity contribution in [2.24, 2.45) is 5.92 Å². The van der Waals surface area contributed by atoms with Crippen LogP contribution in [0.5, 0.6) is 0 Å². The number of halogens is 2. The van der Waals surface area contributed by atoms with Gasteiger partial charge in [-0.25, -0.2) is 8.42 Å². The Morgan fingerprint density at radius 3 is 1.96 bits per heavy atom. The highest BCUT2D eigenvalue weighted by atomic mass is 32.2. The van der Waals surface area contributed by atoms with Crippen LogP contribution in [0.15, 0.2) is 29.2 Å². The van der Waals surface area contributed by atoms with Crippen LogP contribution in [0.1, 0.15) is 57.4 Å². The average molecular weight is 371 g/mol. The van der Waals surface area contributed by atoms with E-state index in [1.54, 1.807) is 12.1 Å². The molecule has 0 spiro atoms. The van der Waals surface area contributed by atoms with Crippen molar-refractivity contribution in [3.63, 3.8) is 0 Å². The fraction of sp³-hybridized carbons (Fsp3) is 0.684. The van der Waals surface area contributed by atoms with E-state index in [-0.39, 0.29) is 4.90 Å². The molecule has 1 aromatic carbocycles. The zero-order valence-electron chi connectivity index (χ0n) is 14.7. The van der Waals surface area contributed by atoms with Crippen molar-refractivity contribution >= 4 is 9.84 Å². The Kier molecular flexibility index (Phi) is 5.78. The molecular formula is C19H27F2NO2S. The Morgan fingerprint density at radius 1 is 1.00 bits per heavy atom. The molecule has 3 nitrogen and oxygen atoms in total. The third-order valence-electron chi connectivity index (χ3n) is 5.73. The molecule has 0 bridgehead atoms. The predicted molar refractivity (Wildman–Crippen MR) is 94.2 cm³/mol. The SMILES string of the molecule is CCC1CCC(N(Cc2ccc(S(=O)(=O)C(F)F)cc2)C2CC2)CC1. The molecule has 25 heavy (non-hydrogen) atoms. The summed E-state index contributed by atoms with van der Waals surface area (Å²) < 4.78 is 48.3. The van der Waals surface area contributed by atoms with Crippen LogP contribution in [-0.4, -0.2) is 31.2 Å². The first-order valence-corrected chi connectivity index (χ1v) is 10.8.